The van der Waals surface area contributed by atoms with E-state index in [1.54, 1.807) is 12.3 Å². The second-order valence-corrected chi connectivity index (χ2v) is 7.34. The highest BCUT2D eigenvalue weighted by atomic mass is 35.5. The minimum Gasteiger partial charge on any atom is -0.306 e. The van der Waals surface area contributed by atoms with E-state index in [2.05, 4.69) is 15.4 Å². The number of pyridine rings is 1. The molecule has 3 heterocycles. The molecule has 0 radical (unpaired) electrons. The van der Waals surface area contributed by atoms with E-state index in [4.69, 9.17) is 11.6 Å². The Labute approximate surface area is 159 Å². The zero-order valence-electron chi connectivity index (χ0n) is 13.9. The molecular formula is C19H15ClN4OS. The molecule has 0 aliphatic heterocycles. The van der Waals surface area contributed by atoms with Gasteiger partial charge in [-0.3, -0.25) is 9.48 Å². The Hall–Kier alpha value is -2.70. The lowest BCUT2D eigenvalue weighted by Crippen LogP contribution is -2.11. The van der Waals surface area contributed by atoms with Gasteiger partial charge in [-0.05, 0) is 42.8 Å². The Morgan fingerprint density at radius 1 is 1.23 bits per heavy atom. The van der Waals surface area contributed by atoms with Gasteiger partial charge in [0, 0.05) is 16.6 Å². The van der Waals surface area contributed by atoms with Crippen LogP contribution in [0.2, 0.25) is 5.02 Å². The van der Waals surface area contributed by atoms with Crippen molar-refractivity contribution in [2.75, 3.05) is 5.32 Å². The number of hydrogen-bond donors (Lipinski definition) is 1. The lowest BCUT2D eigenvalue weighted by Gasteiger charge is -2.03. The van der Waals surface area contributed by atoms with Gasteiger partial charge in [0.1, 0.15) is 10.6 Å². The molecule has 0 bridgehead atoms. The highest BCUT2D eigenvalue weighted by molar-refractivity contribution is 7.20. The summed E-state index contributed by atoms with van der Waals surface area (Å²) in [5.74, 6) is 0.372. The topological polar surface area (TPSA) is 59.8 Å². The van der Waals surface area contributed by atoms with Gasteiger partial charge in [0.2, 0.25) is 0 Å². The predicted molar refractivity (Wildman–Crippen MR) is 105 cm³/mol. The van der Waals surface area contributed by atoms with Crippen LogP contribution >= 0.6 is 22.9 Å². The fraction of sp³-hybridized carbons (Fsp3) is 0.105. The molecule has 26 heavy (non-hydrogen) atoms. The van der Waals surface area contributed by atoms with E-state index in [-0.39, 0.29) is 5.91 Å². The second kappa shape index (κ2) is 6.90. The molecule has 4 rings (SSSR count). The van der Waals surface area contributed by atoms with E-state index < -0.39 is 0 Å². The van der Waals surface area contributed by atoms with Crippen LogP contribution in [0.4, 0.5) is 5.82 Å². The molecule has 7 heteroatoms. The molecule has 0 fully saturated rings. The third-order valence-corrected chi connectivity index (χ3v) is 5.38. The number of thiophene rings is 1. The standard InChI is InChI=1S/C19H15ClN4OS/c1-12-15-10-16(18(25)22-17-4-2-3-9-21-17)26-19(15)24(23-12)11-13-5-7-14(20)8-6-13/h2-10H,11H2,1H3,(H,21,22,25). The first-order valence-electron chi connectivity index (χ1n) is 8.04. The number of fused-ring (bicyclic) bond motifs is 1. The molecule has 4 aromatic rings. The van der Waals surface area contributed by atoms with Crippen molar-refractivity contribution in [3.05, 3.63) is 75.9 Å². The summed E-state index contributed by atoms with van der Waals surface area (Å²) < 4.78 is 1.93. The average Bonchev–Trinajstić information content (AvgIpc) is 3.20. The Bertz CT molecular complexity index is 1070. The summed E-state index contributed by atoms with van der Waals surface area (Å²) in [6.07, 6.45) is 1.65. The number of aromatic nitrogens is 3. The van der Waals surface area contributed by atoms with Crippen LogP contribution in [0, 0.1) is 6.92 Å². The Morgan fingerprint density at radius 3 is 2.77 bits per heavy atom. The number of hydrogen-bond acceptors (Lipinski definition) is 4. The maximum atomic E-state index is 12.5. The molecule has 0 aliphatic carbocycles. The Balaban J connectivity index is 1.62. The largest absolute Gasteiger partial charge is 0.306 e. The van der Waals surface area contributed by atoms with Crippen LogP contribution in [0.25, 0.3) is 10.2 Å². The summed E-state index contributed by atoms with van der Waals surface area (Å²) in [6, 6.07) is 15.0. The quantitative estimate of drug-likeness (QED) is 0.553. The third kappa shape index (κ3) is 3.34. The number of nitrogens with one attached hydrogen (secondary N) is 1. The van der Waals surface area contributed by atoms with Crippen molar-refractivity contribution >= 4 is 44.9 Å². The van der Waals surface area contributed by atoms with Crippen molar-refractivity contribution in [2.24, 2.45) is 0 Å². The third-order valence-electron chi connectivity index (χ3n) is 3.98. The maximum absolute atomic E-state index is 12.5. The molecule has 0 unspecified atom stereocenters. The second-order valence-electron chi connectivity index (χ2n) is 5.87. The van der Waals surface area contributed by atoms with Gasteiger partial charge in [0.15, 0.2) is 0 Å². The number of carbonyl (C=O) groups is 1. The van der Waals surface area contributed by atoms with Crippen molar-refractivity contribution in [3.8, 4) is 0 Å². The van der Waals surface area contributed by atoms with E-state index in [0.717, 1.165) is 21.5 Å². The Kier molecular flexibility index (Phi) is 4.44. The normalized spacial score (nSPS) is 11.0. The number of halogens is 1. The van der Waals surface area contributed by atoms with E-state index in [1.165, 1.54) is 11.3 Å². The van der Waals surface area contributed by atoms with Crippen LogP contribution in [-0.2, 0) is 6.54 Å². The molecule has 0 saturated heterocycles. The minimum atomic E-state index is -0.164. The number of carbonyl (C=O) groups excluding carboxylic acids is 1. The monoisotopic (exact) mass is 382 g/mol. The SMILES string of the molecule is Cc1nn(Cc2ccc(Cl)cc2)c2sc(C(=O)Nc3ccccn3)cc12. The number of benzene rings is 1. The van der Waals surface area contributed by atoms with Gasteiger partial charge >= 0.3 is 0 Å². The van der Waals surface area contributed by atoms with Crippen LogP contribution < -0.4 is 5.32 Å². The molecule has 0 aliphatic rings. The summed E-state index contributed by atoms with van der Waals surface area (Å²) in [6.45, 7) is 2.58. The number of nitrogens with zero attached hydrogens (tertiary/aromatic N) is 3. The summed E-state index contributed by atoms with van der Waals surface area (Å²) in [5, 5.41) is 9.13. The smallest absolute Gasteiger partial charge is 0.266 e. The van der Waals surface area contributed by atoms with Crippen molar-refractivity contribution in [3.63, 3.8) is 0 Å². The van der Waals surface area contributed by atoms with Gasteiger partial charge in [-0.1, -0.05) is 29.8 Å². The summed E-state index contributed by atoms with van der Waals surface area (Å²) in [4.78, 5) is 18.3. The van der Waals surface area contributed by atoms with Gasteiger partial charge in [0.25, 0.3) is 5.91 Å². The maximum Gasteiger partial charge on any atom is 0.266 e. The first-order chi connectivity index (χ1) is 12.6. The molecule has 0 saturated carbocycles. The predicted octanol–water partition coefficient (Wildman–Crippen LogP) is 4.76. The molecule has 0 spiro atoms. The number of anilines is 1. The lowest BCUT2D eigenvalue weighted by atomic mass is 10.2. The van der Waals surface area contributed by atoms with E-state index >= 15 is 0 Å². The summed E-state index contributed by atoms with van der Waals surface area (Å²) in [5.41, 5.74) is 2.01. The van der Waals surface area contributed by atoms with Crippen molar-refractivity contribution in [1.82, 2.24) is 14.8 Å². The van der Waals surface area contributed by atoms with Crippen LogP contribution in [-0.4, -0.2) is 20.7 Å². The minimum absolute atomic E-state index is 0.164. The number of rotatable bonds is 4. The molecule has 1 aromatic carbocycles. The zero-order chi connectivity index (χ0) is 18.1. The summed E-state index contributed by atoms with van der Waals surface area (Å²) in [7, 11) is 0. The van der Waals surface area contributed by atoms with E-state index in [0.29, 0.717) is 22.3 Å². The van der Waals surface area contributed by atoms with Gasteiger partial charge in [-0.25, -0.2) is 4.98 Å². The molecule has 3 aromatic heterocycles. The highest BCUT2D eigenvalue weighted by Gasteiger charge is 2.17. The molecular weight excluding hydrogens is 368 g/mol. The molecule has 1 N–H and O–H groups in total. The molecule has 5 nitrogen and oxygen atoms in total. The van der Waals surface area contributed by atoms with Crippen LogP contribution in [0.1, 0.15) is 20.9 Å². The molecule has 130 valence electrons. The van der Waals surface area contributed by atoms with E-state index in [1.807, 2.05) is 54.1 Å². The van der Waals surface area contributed by atoms with Crippen molar-refractivity contribution in [2.45, 2.75) is 13.5 Å². The van der Waals surface area contributed by atoms with Gasteiger partial charge in [0.05, 0.1) is 17.1 Å². The summed E-state index contributed by atoms with van der Waals surface area (Å²) >= 11 is 7.38. The van der Waals surface area contributed by atoms with Gasteiger partial charge < -0.3 is 5.32 Å². The van der Waals surface area contributed by atoms with Crippen LogP contribution in [0.5, 0.6) is 0 Å². The van der Waals surface area contributed by atoms with Crippen LogP contribution in [0.15, 0.2) is 54.7 Å². The van der Waals surface area contributed by atoms with E-state index in [9.17, 15) is 4.79 Å². The van der Waals surface area contributed by atoms with Gasteiger partial charge in [-0.2, -0.15) is 5.10 Å². The lowest BCUT2D eigenvalue weighted by molar-refractivity contribution is 0.103. The Morgan fingerprint density at radius 2 is 2.04 bits per heavy atom. The first-order valence-corrected chi connectivity index (χ1v) is 9.23. The fourth-order valence-electron chi connectivity index (χ4n) is 2.71. The molecule has 1 amide bonds. The fourth-order valence-corrected chi connectivity index (χ4v) is 3.89. The first kappa shape index (κ1) is 16.8. The molecule has 0 atom stereocenters. The number of aryl methyl sites for hydroxylation is 1. The van der Waals surface area contributed by atoms with Crippen LogP contribution in [0.3, 0.4) is 0 Å². The highest BCUT2D eigenvalue weighted by Crippen LogP contribution is 2.29. The van der Waals surface area contributed by atoms with Gasteiger partial charge in [-0.15, -0.1) is 11.3 Å². The van der Waals surface area contributed by atoms with Crippen molar-refractivity contribution in [1.29, 1.82) is 0 Å². The average molecular weight is 383 g/mol. The van der Waals surface area contributed by atoms with Crippen molar-refractivity contribution < 1.29 is 4.79 Å². The number of amides is 1. The zero-order valence-corrected chi connectivity index (χ0v) is 15.5.